The molecular formula is C18H17F3N6O2. The number of carbonyl (C=O) groups excluding carboxylic acids is 1. The molecule has 152 valence electrons. The second-order valence-electron chi connectivity index (χ2n) is 6.85. The second-order valence-corrected chi connectivity index (χ2v) is 6.85. The molecule has 4 rings (SSSR count). The predicted molar refractivity (Wildman–Crippen MR) is 94.4 cm³/mol. The van der Waals surface area contributed by atoms with Crippen LogP contribution in [0.5, 0.6) is 5.88 Å². The normalized spacial score (nSPS) is 17.1. The number of pyridine rings is 1. The van der Waals surface area contributed by atoms with Gasteiger partial charge in [0.25, 0.3) is 11.7 Å². The molecule has 1 aliphatic rings. The van der Waals surface area contributed by atoms with Gasteiger partial charge in [0, 0.05) is 36.6 Å². The lowest BCUT2D eigenvalue weighted by Crippen LogP contribution is -2.31. The molecule has 0 radical (unpaired) electrons. The van der Waals surface area contributed by atoms with E-state index in [0.717, 1.165) is 29.7 Å². The Morgan fingerprint density at radius 1 is 1.24 bits per heavy atom. The molecule has 3 aromatic heterocycles. The molecule has 0 aliphatic carbocycles. The summed E-state index contributed by atoms with van der Waals surface area (Å²) in [4.78, 5) is 26.5. The van der Waals surface area contributed by atoms with Gasteiger partial charge in [-0.3, -0.25) is 4.79 Å². The summed E-state index contributed by atoms with van der Waals surface area (Å²) in [6.45, 7) is 4.25. The zero-order chi connectivity index (χ0) is 20.8. The average Bonchev–Trinajstić information content (AvgIpc) is 3.28. The van der Waals surface area contributed by atoms with Crippen LogP contribution in [-0.4, -0.2) is 54.6 Å². The third-order valence-electron chi connectivity index (χ3n) is 4.59. The van der Waals surface area contributed by atoms with Gasteiger partial charge in [-0.2, -0.15) is 18.2 Å². The van der Waals surface area contributed by atoms with Crippen LogP contribution in [0.2, 0.25) is 0 Å². The van der Waals surface area contributed by atoms with Crippen molar-refractivity contribution in [3.05, 3.63) is 47.2 Å². The standard InChI is InChI=1S/C18H17F3N6O2/c1-10-7-11(2)27-17(23-10)24-15(25-27)16(28)26-6-4-13(9-26)29-14-8-12(3-5-22-14)18(19,20)21/h3,5,7-8,13H,4,6,9H2,1-2H3/t13-/m1/s1. The van der Waals surface area contributed by atoms with Gasteiger partial charge in [-0.25, -0.2) is 14.5 Å². The molecule has 1 aliphatic heterocycles. The van der Waals surface area contributed by atoms with Crippen LogP contribution in [0.25, 0.3) is 5.78 Å². The topological polar surface area (TPSA) is 85.5 Å². The first-order valence-electron chi connectivity index (χ1n) is 8.91. The first-order chi connectivity index (χ1) is 13.7. The quantitative estimate of drug-likeness (QED) is 0.664. The lowest BCUT2D eigenvalue weighted by Gasteiger charge is -2.16. The van der Waals surface area contributed by atoms with Gasteiger partial charge >= 0.3 is 6.18 Å². The van der Waals surface area contributed by atoms with Crippen LogP contribution >= 0.6 is 0 Å². The number of aromatic nitrogens is 5. The Morgan fingerprint density at radius 2 is 2.03 bits per heavy atom. The largest absolute Gasteiger partial charge is 0.472 e. The van der Waals surface area contributed by atoms with E-state index in [-0.39, 0.29) is 24.2 Å². The fourth-order valence-electron chi connectivity index (χ4n) is 3.23. The van der Waals surface area contributed by atoms with Crippen molar-refractivity contribution in [2.45, 2.75) is 32.5 Å². The number of carbonyl (C=O) groups is 1. The minimum Gasteiger partial charge on any atom is -0.472 e. The van der Waals surface area contributed by atoms with Gasteiger partial charge < -0.3 is 9.64 Å². The van der Waals surface area contributed by atoms with Crippen LogP contribution in [0, 0.1) is 13.8 Å². The highest BCUT2D eigenvalue weighted by molar-refractivity contribution is 5.91. The maximum atomic E-state index is 12.8. The fourth-order valence-corrected chi connectivity index (χ4v) is 3.23. The number of aryl methyl sites for hydroxylation is 2. The Labute approximate surface area is 163 Å². The Bertz CT molecular complexity index is 1080. The summed E-state index contributed by atoms with van der Waals surface area (Å²) >= 11 is 0. The molecule has 0 saturated carbocycles. The van der Waals surface area contributed by atoms with Gasteiger partial charge in [-0.05, 0) is 26.0 Å². The molecular weight excluding hydrogens is 389 g/mol. The number of halogens is 3. The molecule has 29 heavy (non-hydrogen) atoms. The Balaban J connectivity index is 1.46. The third kappa shape index (κ3) is 3.84. The van der Waals surface area contributed by atoms with Crippen LogP contribution in [0.15, 0.2) is 24.4 Å². The van der Waals surface area contributed by atoms with E-state index >= 15 is 0 Å². The van der Waals surface area contributed by atoms with E-state index in [4.69, 9.17) is 4.74 Å². The van der Waals surface area contributed by atoms with Gasteiger partial charge in [0.2, 0.25) is 11.7 Å². The molecule has 1 saturated heterocycles. The molecule has 3 aromatic rings. The summed E-state index contributed by atoms with van der Waals surface area (Å²) in [7, 11) is 0. The molecule has 0 bridgehead atoms. The summed E-state index contributed by atoms with van der Waals surface area (Å²) in [5, 5.41) is 4.22. The molecule has 1 amide bonds. The minimum absolute atomic E-state index is 0.0176. The maximum absolute atomic E-state index is 12.8. The van der Waals surface area contributed by atoms with E-state index < -0.39 is 17.8 Å². The minimum atomic E-state index is -4.47. The summed E-state index contributed by atoms with van der Waals surface area (Å²) in [6.07, 6.45) is -3.42. The van der Waals surface area contributed by atoms with Gasteiger partial charge in [0.15, 0.2) is 0 Å². The van der Waals surface area contributed by atoms with Crippen molar-refractivity contribution in [2.24, 2.45) is 0 Å². The number of fused-ring (bicyclic) bond motifs is 1. The van der Waals surface area contributed by atoms with Crippen LogP contribution in [0.3, 0.4) is 0 Å². The molecule has 8 nitrogen and oxygen atoms in total. The first kappa shape index (κ1) is 19.1. The van der Waals surface area contributed by atoms with Crippen molar-refractivity contribution < 1.29 is 22.7 Å². The SMILES string of the molecule is Cc1cc(C)n2nc(C(=O)N3CC[C@@H](Oc4cc(C(F)(F)F)ccn4)C3)nc2n1. The molecule has 0 unspecified atom stereocenters. The maximum Gasteiger partial charge on any atom is 0.416 e. The van der Waals surface area contributed by atoms with E-state index in [9.17, 15) is 18.0 Å². The number of hydrogen-bond donors (Lipinski definition) is 0. The third-order valence-corrected chi connectivity index (χ3v) is 4.59. The van der Waals surface area contributed by atoms with Crippen LogP contribution in [0.1, 0.15) is 34.0 Å². The summed E-state index contributed by atoms with van der Waals surface area (Å²) < 4.78 is 45.5. The number of amides is 1. The van der Waals surface area contributed by atoms with Crippen molar-refractivity contribution in [1.29, 1.82) is 0 Å². The summed E-state index contributed by atoms with van der Waals surface area (Å²) in [6, 6.07) is 3.56. The molecule has 1 fully saturated rings. The lowest BCUT2D eigenvalue weighted by atomic mass is 10.2. The van der Waals surface area contributed by atoms with Crippen LogP contribution < -0.4 is 4.74 Å². The zero-order valence-electron chi connectivity index (χ0n) is 15.6. The van der Waals surface area contributed by atoms with Crippen molar-refractivity contribution in [2.75, 3.05) is 13.1 Å². The van der Waals surface area contributed by atoms with E-state index in [2.05, 4.69) is 20.1 Å². The second kappa shape index (κ2) is 6.98. The van der Waals surface area contributed by atoms with Gasteiger partial charge in [-0.15, -0.1) is 5.10 Å². The van der Waals surface area contributed by atoms with E-state index in [0.29, 0.717) is 18.7 Å². The van der Waals surface area contributed by atoms with Crippen molar-refractivity contribution >= 4 is 11.7 Å². The van der Waals surface area contributed by atoms with Crippen LogP contribution in [0.4, 0.5) is 13.2 Å². The van der Waals surface area contributed by atoms with E-state index in [1.54, 1.807) is 0 Å². The van der Waals surface area contributed by atoms with Gasteiger partial charge in [0.05, 0.1) is 12.1 Å². The molecule has 0 aromatic carbocycles. The Hall–Kier alpha value is -3.24. The molecule has 0 N–H and O–H groups in total. The van der Waals surface area contributed by atoms with Crippen molar-refractivity contribution in [3.63, 3.8) is 0 Å². The number of alkyl halides is 3. The molecule has 1 atom stereocenters. The average molecular weight is 406 g/mol. The molecule has 0 spiro atoms. The van der Waals surface area contributed by atoms with Crippen molar-refractivity contribution in [3.8, 4) is 5.88 Å². The Morgan fingerprint density at radius 3 is 2.79 bits per heavy atom. The van der Waals surface area contributed by atoms with Crippen LogP contribution in [-0.2, 0) is 6.18 Å². The fraction of sp³-hybridized carbons (Fsp3) is 0.389. The molecule has 11 heteroatoms. The lowest BCUT2D eigenvalue weighted by molar-refractivity contribution is -0.137. The summed E-state index contributed by atoms with van der Waals surface area (Å²) in [5.74, 6) is -0.147. The highest BCUT2D eigenvalue weighted by Gasteiger charge is 2.33. The number of ether oxygens (including phenoxy) is 1. The van der Waals surface area contributed by atoms with Gasteiger partial charge in [0.1, 0.15) is 6.10 Å². The zero-order valence-corrected chi connectivity index (χ0v) is 15.6. The highest BCUT2D eigenvalue weighted by Crippen LogP contribution is 2.31. The van der Waals surface area contributed by atoms with Crippen molar-refractivity contribution in [1.82, 2.24) is 29.5 Å². The predicted octanol–water partition coefficient (Wildman–Crippen LogP) is 2.45. The Kier molecular flexibility index (Phi) is 4.59. The van der Waals surface area contributed by atoms with E-state index in [1.807, 2.05) is 19.9 Å². The number of rotatable bonds is 3. The number of likely N-dealkylation sites (tertiary alicyclic amines) is 1. The highest BCUT2D eigenvalue weighted by atomic mass is 19.4. The summed E-state index contributed by atoms with van der Waals surface area (Å²) in [5.41, 5.74) is 0.738. The molecule has 4 heterocycles. The van der Waals surface area contributed by atoms with Gasteiger partial charge in [-0.1, -0.05) is 0 Å². The van der Waals surface area contributed by atoms with E-state index in [1.165, 1.54) is 9.42 Å². The number of nitrogens with zero attached hydrogens (tertiary/aromatic N) is 6. The number of hydrogen-bond acceptors (Lipinski definition) is 6. The monoisotopic (exact) mass is 406 g/mol. The smallest absolute Gasteiger partial charge is 0.416 e. The first-order valence-corrected chi connectivity index (χ1v) is 8.91.